The molecular formula is C22H27N5O5S. The van der Waals surface area contributed by atoms with Gasteiger partial charge in [-0.15, -0.1) is 0 Å². The maximum atomic E-state index is 12.9. The molecule has 1 N–H and O–H groups in total. The average molecular weight is 474 g/mol. The number of benzene rings is 1. The molecule has 1 unspecified atom stereocenters. The van der Waals surface area contributed by atoms with Crippen LogP contribution in [0.1, 0.15) is 36.1 Å². The minimum Gasteiger partial charge on any atom is -0.497 e. The summed E-state index contributed by atoms with van der Waals surface area (Å²) in [6.45, 7) is 1.65. The van der Waals surface area contributed by atoms with E-state index in [1.807, 2.05) is 24.3 Å². The first-order valence-corrected chi connectivity index (χ1v) is 11.2. The van der Waals surface area contributed by atoms with Gasteiger partial charge in [0.05, 0.1) is 32.2 Å². The van der Waals surface area contributed by atoms with Gasteiger partial charge in [-0.05, 0) is 49.2 Å². The zero-order chi connectivity index (χ0) is 23.0. The zero-order valence-electron chi connectivity index (χ0n) is 18.4. The molecule has 1 atom stereocenters. The smallest absolute Gasteiger partial charge is 0.238 e. The predicted molar refractivity (Wildman–Crippen MR) is 122 cm³/mol. The number of ether oxygens (including phenoxy) is 3. The highest BCUT2D eigenvalue weighted by Gasteiger charge is 2.15. The van der Waals surface area contributed by atoms with Gasteiger partial charge in [-0.25, -0.2) is 4.68 Å². The van der Waals surface area contributed by atoms with Crippen LogP contribution in [0.3, 0.4) is 0 Å². The van der Waals surface area contributed by atoms with Crippen molar-refractivity contribution in [3.63, 3.8) is 0 Å². The molecule has 0 aliphatic carbocycles. The molecule has 4 rings (SSSR count). The van der Waals surface area contributed by atoms with Crippen LogP contribution < -0.4 is 15.0 Å². The van der Waals surface area contributed by atoms with E-state index in [1.165, 1.54) is 0 Å². The molecule has 1 aliphatic heterocycles. The van der Waals surface area contributed by atoms with Crippen molar-refractivity contribution in [2.24, 2.45) is 0 Å². The summed E-state index contributed by atoms with van der Waals surface area (Å²) in [5.41, 5.74) is 2.11. The van der Waals surface area contributed by atoms with Gasteiger partial charge in [-0.1, -0.05) is 22.4 Å². The Bertz CT molecular complexity index is 1150. The van der Waals surface area contributed by atoms with Gasteiger partial charge in [0.15, 0.2) is 11.7 Å². The van der Waals surface area contributed by atoms with E-state index in [1.54, 1.807) is 28.8 Å². The minimum atomic E-state index is -0.184. The van der Waals surface area contributed by atoms with Crippen molar-refractivity contribution in [3.05, 3.63) is 68.3 Å². The van der Waals surface area contributed by atoms with Crippen molar-refractivity contribution in [1.82, 2.24) is 24.9 Å². The van der Waals surface area contributed by atoms with Gasteiger partial charge in [-0.2, -0.15) is 9.94 Å². The van der Waals surface area contributed by atoms with Gasteiger partial charge in [0.2, 0.25) is 4.77 Å². The molecule has 1 fully saturated rings. The lowest BCUT2D eigenvalue weighted by Crippen LogP contribution is -2.28. The molecule has 1 saturated heterocycles. The van der Waals surface area contributed by atoms with Gasteiger partial charge >= 0.3 is 0 Å². The third-order valence-corrected chi connectivity index (χ3v) is 5.63. The van der Waals surface area contributed by atoms with Gasteiger partial charge in [-0.3, -0.25) is 4.79 Å². The molecule has 11 heteroatoms. The van der Waals surface area contributed by atoms with E-state index in [0.717, 1.165) is 37.2 Å². The van der Waals surface area contributed by atoms with Crippen molar-refractivity contribution in [1.29, 1.82) is 0 Å². The Morgan fingerprint density at radius 2 is 2.09 bits per heavy atom. The lowest BCUT2D eigenvalue weighted by molar-refractivity contribution is -0.169. The maximum Gasteiger partial charge on any atom is 0.238 e. The molecule has 3 heterocycles. The largest absolute Gasteiger partial charge is 0.497 e. The van der Waals surface area contributed by atoms with Crippen LogP contribution in [-0.2, 0) is 22.4 Å². The zero-order valence-corrected chi connectivity index (χ0v) is 19.3. The van der Waals surface area contributed by atoms with Crippen LogP contribution in [0, 0.1) is 4.77 Å². The highest BCUT2D eigenvalue weighted by Crippen LogP contribution is 2.15. The molecule has 0 radical (unpaired) electrons. The van der Waals surface area contributed by atoms with Crippen LogP contribution in [0.2, 0.25) is 0 Å². The second kappa shape index (κ2) is 11.2. The summed E-state index contributed by atoms with van der Waals surface area (Å²) in [5.74, 6) is 0.765. The summed E-state index contributed by atoms with van der Waals surface area (Å²) >= 11 is 5.16. The third kappa shape index (κ3) is 6.28. The number of hydrogen-bond acceptors (Lipinski definition) is 8. The van der Waals surface area contributed by atoms with Gasteiger partial charge in [0.25, 0.3) is 0 Å². The average Bonchev–Trinajstić information content (AvgIpc) is 3.24. The SMILES string of the molecule is COc1ccc(Cc2cn(OCCOC3CCCCO3)c(Cn3[nH]nnc3=S)cc2=O)cc1. The third-order valence-electron chi connectivity index (χ3n) is 5.33. The highest BCUT2D eigenvalue weighted by molar-refractivity contribution is 7.71. The molecule has 10 nitrogen and oxygen atoms in total. The van der Waals surface area contributed by atoms with E-state index in [9.17, 15) is 4.79 Å². The lowest BCUT2D eigenvalue weighted by atomic mass is 10.1. The standard InChI is InChI=1S/C22H27N5O5S/c1-29-19-7-5-16(6-8-19)12-17-14-27(32-11-10-31-21-4-2-3-9-30-21)18(13-20(17)28)15-26-22(33)23-24-25-26/h5-8,13-14,21H,2-4,9-12,15H2,1H3,(H,23,25,33). The first kappa shape index (κ1) is 23.1. The topological polar surface area (TPSA) is 105 Å². The lowest BCUT2D eigenvalue weighted by Gasteiger charge is -2.23. The fraction of sp³-hybridized carbons (Fsp3) is 0.455. The molecule has 0 spiro atoms. The van der Waals surface area contributed by atoms with E-state index in [4.69, 9.17) is 31.3 Å². The number of tetrazole rings is 1. The molecule has 1 aliphatic rings. The summed E-state index contributed by atoms with van der Waals surface area (Å²) in [4.78, 5) is 18.8. The summed E-state index contributed by atoms with van der Waals surface area (Å²) in [6, 6.07) is 9.16. The van der Waals surface area contributed by atoms with Crippen LogP contribution >= 0.6 is 12.2 Å². The monoisotopic (exact) mass is 473 g/mol. The fourth-order valence-electron chi connectivity index (χ4n) is 3.57. The molecule has 0 saturated carbocycles. The molecule has 1 aromatic carbocycles. The predicted octanol–water partition coefficient (Wildman–Crippen LogP) is 2.12. The highest BCUT2D eigenvalue weighted by atomic mass is 32.1. The van der Waals surface area contributed by atoms with Crippen molar-refractivity contribution in [2.45, 2.75) is 38.5 Å². The van der Waals surface area contributed by atoms with E-state index in [-0.39, 0.29) is 23.0 Å². The van der Waals surface area contributed by atoms with Crippen LogP contribution in [0.15, 0.2) is 41.3 Å². The van der Waals surface area contributed by atoms with Crippen LogP contribution in [-0.4, -0.2) is 58.2 Å². The number of hydrogen-bond donors (Lipinski definition) is 1. The Labute approximate surface area is 196 Å². The Balaban J connectivity index is 1.50. The van der Waals surface area contributed by atoms with Crippen molar-refractivity contribution in [2.75, 3.05) is 26.9 Å². The number of nitrogens with zero attached hydrogens (tertiary/aromatic N) is 4. The Morgan fingerprint density at radius 1 is 1.24 bits per heavy atom. The van der Waals surface area contributed by atoms with Crippen molar-refractivity contribution >= 4 is 12.2 Å². The molecule has 2 aromatic heterocycles. The first-order valence-electron chi connectivity index (χ1n) is 10.8. The van der Waals surface area contributed by atoms with Crippen LogP contribution in [0.5, 0.6) is 5.75 Å². The summed E-state index contributed by atoms with van der Waals surface area (Å²) < 4.78 is 20.0. The van der Waals surface area contributed by atoms with Crippen molar-refractivity contribution in [3.8, 4) is 5.75 Å². The number of rotatable bonds is 10. The molecule has 0 amide bonds. The normalized spacial score (nSPS) is 16.0. The summed E-state index contributed by atoms with van der Waals surface area (Å²) in [6.07, 6.45) is 5.05. The molecule has 3 aromatic rings. The molecule has 33 heavy (non-hydrogen) atoms. The van der Waals surface area contributed by atoms with E-state index < -0.39 is 0 Å². The number of methoxy groups -OCH3 is 1. The number of aromatic nitrogens is 5. The van der Waals surface area contributed by atoms with Crippen LogP contribution in [0.25, 0.3) is 0 Å². The number of H-pyrrole nitrogens is 1. The molecule has 176 valence electrons. The fourth-order valence-corrected chi connectivity index (χ4v) is 3.71. The Morgan fingerprint density at radius 3 is 2.79 bits per heavy atom. The summed E-state index contributed by atoms with van der Waals surface area (Å²) in [7, 11) is 1.62. The molecular weight excluding hydrogens is 446 g/mol. The van der Waals surface area contributed by atoms with Gasteiger partial charge < -0.3 is 19.0 Å². The minimum absolute atomic E-state index is 0.0912. The number of aromatic amines is 1. The summed E-state index contributed by atoms with van der Waals surface area (Å²) in [5, 5.41) is 10.2. The maximum absolute atomic E-state index is 12.9. The second-order valence-corrected chi connectivity index (χ2v) is 8.04. The van der Waals surface area contributed by atoms with Gasteiger partial charge in [0, 0.05) is 24.7 Å². The van der Waals surface area contributed by atoms with E-state index in [0.29, 0.717) is 30.9 Å². The van der Waals surface area contributed by atoms with E-state index >= 15 is 0 Å². The molecule has 0 bridgehead atoms. The van der Waals surface area contributed by atoms with Crippen molar-refractivity contribution < 1.29 is 19.0 Å². The second-order valence-electron chi connectivity index (χ2n) is 7.67. The van der Waals surface area contributed by atoms with Gasteiger partial charge in [0.1, 0.15) is 12.4 Å². The first-order chi connectivity index (χ1) is 16.1. The van der Waals surface area contributed by atoms with E-state index in [2.05, 4.69) is 15.5 Å². The quantitative estimate of drug-likeness (QED) is 0.353. The van der Waals surface area contributed by atoms with Crippen LogP contribution in [0.4, 0.5) is 0 Å². The Hall–Kier alpha value is -3.02. The Kier molecular flexibility index (Phi) is 7.87. The number of nitrogens with one attached hydrogen (secondary N) is 1. The number of pyridine rings is 1.